The Morgan fingerprint density at radius 1 is 1.03 bits per heavy atom. The average Bonchev–Trinajstić information content (AvgIpc) is 3.45. The molecule has 5 nitrogen and oxygen atoms in total. The third-order valence-electron chi connectivity index (χ3n) is 6.99. The molecule has 8 heteroatoms. The number of nitrogens with one attached hydrogen (secondary N) is 1. The fourth-order valence-corrected chi connectivity index (χ4v) is 6.81. The highest BCUT2D eigenvalue weighted by molar-refractivity contribution is 7.15. The molecule has 0 saturated carbocycles. The number of thiophene rings is 1. The fourth-order valence-electron chi connectivity index (χ4n) is 5.41. The quantitative estimate of drug-likeness (QED) is 0.331. The van der Waals surface area contributed by atoms with Crippen LogP contribution in [-0.2, 0) is 19.4 Å². The van der Waals surface area contributed by atoms with Gasteiger partial charge in [-0.25, -0.2) is 13.6 Å². The predicted molar refractivity (Wildman–Crippen MR) is 136 cm³/mol. The maximum absolute atomic E-state index is 14.4. The lowest BCUT2D eigenvalue weighted by atomic mass is 9.95. The van der Waals surface area contributed by atoms with E-state index in [-0.39, 0.29) is 6.03 Å². The summed E-state index contributed by atoms with van der Waals surface area (Å²) < 4.78 is 36.3. The van der Waals surface area contributed by atoms with Crippen molar-refractivity contribution in [2.75, 3.05) is 12.4 Å². The van der Waals surface area contributed by atoms with Crippen LogP contribution in [0.5, 0.6) is 5.75 Å². The van der Waals surface area contributed by atoms with E-state index in [1.165, 1.54) is 22.6 Å². The summed E-state index contributed by atoms with van der Waals surface area (Å²) in [4.78, 5) is 17.0. The Hall–Kier alpha value is -3.65. The number of aryl methyl sites for hydroxylation is 1. The summed E-state index contributed by atoms with van der Waals surface area (Å²) in [5.41, 5.74) is 4.12. The zero-order valence-electron chi connectivity index (χ0n) is 19.8. The molecular weight excluding hydrogens is 480 g/mol. The summed E-state index contributed by atoms with van der Waals surface area (Å²) in [7, 11) is 1.55. The number of para-hydroxylation sites is 2. The molecule has 0 fully saturated rings. The summed E-state index contributed by atoms with van der Waals surface area (Å²) in [5.74, 6) is -0.819. The first kappa shape index (κ1) is 22.8. The van der Waals surface area contributed by atoms with Crippen LogP contribution in [0.25, 0.3) is 5.00 Å². The number of anilines is 1. The fraction of sp³-hybridized carbons (Fsp3) is 0.250. The highest BCUT2D eigenvalue weighted by Crippen LogP contribution is 2.44. The van der Waals surface area contributed by atoms with Crippen molar-refractivity contribution in [3.63, 3.8) is 0 Å². The van der Waals surface area contributed by atoms with Gasteiger partial charge in [0.25, 0.3) is 0 Å². The van der Waals surface area contributed by atoms with E-state index in [0.717, 1.165) is 48.0 Å². The lowest BCUT2D eigenvalue weighted by Gasteiger charge is -2.31. The van der Waals surface area contributed by atoms with Gasteiger partial charge in [-0.05, 0) is 73.2 Å². The number of hydrogen-bond acceptors (Lipinski definition) is 3. The Balaban J connectivity index is 1.52. The van der Waals surface area contributed by atoms with Gasteiger partial charge in [0.1, 0.15) is 28.4 Å². The molecule has 2 aromatic carbocycles. The first-order valence-electron chi connectivity index (χ1n) is 12.0. The average molecular weight is 506 g/mol. The highest BCUT2D eigenvalue weighted by Gasteiger charge is 2.36. The lowest BCUT2D eigenvalue weighted by molar-refractivity contribution is 0.194. The maximum atomic E-state index is 14.4. The van der Waals surface area contributed by atoms with Gasteiger partial charge < -0.3 is 19.5 Å². The van der Waals surface area contributed by atoms with E-state index in [1.807, 2.05) is 30.5 Å². The third-order valence-corrected chi connectivity index (χ3v) is 8.32. The number of carbonyl (C=O) groups is 1. The van der Waals surface area contributed by atoms with Gasteiger partial charge >= 0.3 is 6.03 Å². The van der Waals surface area contributed by atoms with Crippen molar-refractivity contribution in [1.82, 2.24) is 9.47 Å². The Labute approximate surface area is 211 Å². The minimum atomic E-state index is -0.696. The number of amides is 2. The molecule has 184 valence electrons. The van der Waals surface area contributed by atoms with Crippen LogP contribution < -0.4 is 10.1 Å². The van der Waals surface area contributed by atoms with Crippen LogP contribution >= 0.6 is 11.3 Å². The van der Waals surface area contributed by atoms with Crippen molar-refractivity contribution < 1.29 is 18.3 Å². The van der Waals surface area contributed by atoms with Crippen molar-refractivity contribution >= 4 is 23.1 Å². The normalized spacial score (nSPS) is 16.5. The molecule has 1 aliphatic heterocycles. The molecule has 1 aliphatic carbocycles. The molecule has 0 spiro atoms. The number of fused-ring (bicyclic) bond motifs is 5. The molecule has 2 aliphatic rings. The smallest absolute Gasteiger partial charge is 0.323 e. The summed E-state index contributed by atoms with van der Waals surface area (Å²) >= 11 is 1.76. The standard InChI is InChI=1S/C28H25F2N3O2S/c1-35-24-10-4-3-8-22(24)31-28(34)33-16-21-20-7-2-5-11-25(20)36-27(21)32-12-6-9-23(32)26(33)17-13-18(29)15-19(30)14-17/h3-4,6,8-10,12-15,26H,2,5,7,11,16H2,1H3,(H,31,34)/t26-/m1/s1. The third kappa shape index (κ3) is 3.86. The number of aromatic nitrogens is 1. The summed E-state index contributed by atoms with van der Waals surface area (Å²) in [6, 6.07) is 13.4. The molecule has 36 heavy (non-hydrogen) atoms. The van der Waals surface area contributed by atoms with Crippen molar-refractivity contribution in [2.45, 2.75) is 38.3 Å². The Morgan fingerprint density at radius 3 is 2.61 bits per heavy atom. The molecule has 2 aromatic heterocycles. The van der Waals surface area contributed by atoms with Crippen LogP contribution in [0.1, 0.15) is 46.1 Å². The second-order valence-electron chi connectivity index (χ2n) is 9.16. The van der Waals surface area contributed by atoms with Gasteiger partial charge in [-0.1, -0.05) is 12.1 Å². The molecule has 3 heterocycles. The van der Waals surface area contributed by atoms with Gasteiger partial charge in [0.15, 0.2) is 0 Å². The molecular formula is C28H25F2N3O2S. The van der Waals surface area contributed by atoms with E-state index in [4.69, 9.17) is 4.74 Å². The maximum Gasteiger partial charge on any atom is 0.323 e. The molecule has 0 unspecified atom stereocenters. The number of carbonyl (C=O) groups excluding carboxylic acids is 1. The van der Waals surface area contributed by atoms with E-state index >= 15 is 0 Å². The summed E-state index contributed by atoms with van der Waals surface area (Å²) in [5, 5.41) is 4.06. The number of hydrogen-bond donors (Lipinski definition) is 1. The largest absolute Gasteiger partial charge is 0.495 e. The van der Waals surface area contributed by atoms with E-state index in [2.05, 4.69) is 9.88 Å². The van der Waals surface area contributed by atoms with Gasteiger partial charge in [0.2, 0.25) is 0 Å². The monoisotopic (exact) mass is 505 g/mol. The van der Waals surface area contributed by atoms with Gasteiger partial charge in [0, 0.05) is 22.7 Å². The molecule has 6 rings (SSSR count). The van der Waals surface area contributed by atoms with Gasteiger partial charge in [-0.3, -0.25) is 0 Å². The number of urea groups is 1. The second kappa shape index (κ2) is 9.09. The van der Waals surface area contributed by atoms with Crippen LogP contribution in [0.4, 0.5) is 19.3 Å². The van der Waals surface area contributed by atoms with Crippen molar-refractivity contribution in [3.8, 4) is 10.8 Å². The molecule has 0 radical (unpaired) electrons. The molecule has 1 N–H and O–H groups in total. The first-order chi connectivity index (χ1) is 17.5. The molecule has 0 saturated heterocycles. The van der Waals surface area contributed by atoms with Crippen LogP contribution in [0.2, 0.25) is 0 Å². The van der Waals surface area contributed by atoms with Crippen LogP contribution in [0.3, 0.4) is 0 Å². The highest BCUT2D eigenvalue weighted by atomic mass is 32.1. The van der Waals surface area contributed by atoms with Gasteiger partial charge in [0.05, 0.1) is 25.0 Å². The van der Waals surface area contributed by atoms with Crippen LogP contribution in [0, 0.1) is 11.6 Å². The van der Waals surface area contributed by atoms with E-state index in [9.17, 15) is 13.6 Å². The number of nitrogens with zero attached hydrogens (tertiary/aromatic N) is 2. The molecule has 2 amide bonds. The lowest BCUT2D eigenvalue weighted by Crippen LogP contribution is -2.38. The topological polar surface area (TPSA) is 46.5 Å². The van der Waals surface area contributed by atoms with Crippen molar-refractivity contribution in [1.29, 1.82) is 0 Å². The Kier molecular flexibility index (Phi) is 5.76. The van der Waals surface area contributed by atoms with E-state index in [1.54, 1.807) is 35.5 Å². The minimum Gasteiger partial charge on any atom is -0.495 e. The molecule has 4 aromatic rings. The van der Waals surface area contributed by atoms with Crippen LogP contribution in [-0.4, -0.2) is 22.6 Å². The number of benzene rings is 2. The zero-order chi connectivity index (χ0) is 24.8. The number of methoxy groups -OCH3 is 1. The second-order valence-corrected chi connectivity index (χ2v) is 10.2. The van der Waals surface area contributed by atoms with E-state index in [0.29, 0.717) is 23.5 Å². The molecule has 1 atom stereocenters. The SMILES string of the molecule is COc1ccccc1NC(=O)N1Cc2c(sc3c2CCCC3)-n2cccc2[C@H]1c1cc(F)cc(F)c1. The zero-order valence-corrected chi connectivity index (χ0v) is 20.6. The Morgan fingerprint density at radius 2 is 1.81 bits per heavy atom. The van der Waals surface area contributed by atoms with Gasteiger partial charge in [-0.15, -0.1) is 11.3 Å². The van der Waals surface area contributed by atoms with Crippen molar-refractivity contribution in [2.24, 2.45) is 0 Å². The van der Waals surface area contributed by atoms with Crippen LogP contribution in [0.15, 0.2) is 60.8 Å². The molecule has 0 bridgehead atoms. The van der Waals surface area contributed by atoms with Crippen molar-refractivity contribution in [3.05, 3.63) is 99.7 Å². The minimum absolute atomic E-state index is 0.326. The summed E-state index contributed by atoms with van der Waals surface area (Å²) in [6.45, 7) is 0.326. The predicted octanol–water partition coefficient (Wildman–Crippen LogP) is 6.84. The number of halogens is 2. The summed E-state index contributed by atoms with van der Waals surface area (Å²) in [6.07, 6.45) is 6.25. The number of rotatable bonds is 3. The van der Waals surface area contributed by atoms with Gasteiger partial charge in [-0.2, -0.15) is 0 Å². The Bertz CT molecular complexity index is 1440. The number of ether oxygens (including phenoxy) is 1. The first-order valence-corrected chi connectivity index (χ1v) is 12.8. The van der Waals surface area contributed by atoms with E-state index < -0.39 is 17.7 Å².